The van der Waals surface area contributed by atoms with E-state index in [2.05, 4.69) is 10.5 Å². The summed E-state index contributed by atoms with van der Waals surface area (Å²) < 4.78 is 0. The molecule has 0 atom stereocenters. The topological polar surface area (TPSA) is 12.9 Å². The van der Waals surface area contributed by atoms with Crippen LogP contribution in [0.1, 0.15) is 5.69 Å². The number of alkyl halides is 1. The minimum Gasteiger partial charge on any atom is -0.390 e. The SMILES string of the molecule is ClCc1cs[c-]n1.[Y]. The Bertz CT molecular complexity index is 131. The van der Waals surface area contributed by atoms with Gasteiger partial charge in [-0.05, 0) is 5.51 Å². The molecule has 41 valence electrons. The largest absolute Gasteiger partial charge is 0.390 e. The molecular formula is C4H3ClNSY-. The average Bonchev–Trinajstić information content (AvgIpc) is 2.14. The number of aromatic nitrogens is 1. The number of rotatable bonds is 1. The molecule has 0 bridgehead atoms. The summed E-state index contributed by atoms with van der Waals surface area (Å²) in [6, 6.07) is 0. The van der Waals surface area contributed by atoms with Crippen LogP contribution in [-0.2, 0) is 38.6 Å². The van der Waals surface area contributed by atoms with Crippen LogP contribution >= 0.6 is 22.9 Å². The zero-order chi connectivity index (χ0) is 5.11. The van der Waals surface area contributed by atoms with Crippen molar-refractivity contribution in [1.82, 2.24) is 4.98 Å². The minimum atomic E-state index is 0. The van der Waals surface area contributed by atoms with Gasteiger partial charge in [0, 0.05) is 38.6 Å². The molecule has 8 heavy (non-hydrogen) atoms. The molecule has 0 aliphatic rings. The van der Waals surface area contributed by atoms with E-state index < -0.39 is 0 Å². The molecule has 0 spiro atoms. The van der Waals surface area contributed by atoms with Crippen LogP contribution in [0.3, 0.4) is 0 Å². The summed E-state index contributed by atoms with van der Waals surface area (Å²) in [5.74, 6) is 0.500. The van der Waals surface area contributed by atoms with Crippen molar-refractivity contribution in [3.05, 3.63) is 16.6 Å². The molecule has 0 aromatic carbocycles. The summed E-state index contributed by atoms with van der Waals surface area (Å²) in [5, 5.41) is 1.88. The van der Waals surface area contributed by atoms with Crippen LogP contribution in [-0.4, -0.2) is 4.98 Å². The number of halogens is 1. The third kappa shape index (κ3) is 2.54. The Morgan fingerprint density at radius 1 is 1.88 bits per heavy atom. The normalized spacial score (nSPS) is 8.12. The Morgan fingerprint density at radius 2 is 2.62 bits per heavy atom. The molecule has 1 aromatic rings. The fourth-order valence-electron chi connectivity index (χ4n) is 0.267. The third-order valence-corrected chi connectivity index (χ3v) is 1.43. The first-order valence-electron chi connectivity index (χ1n) is 1.80. The first-order valence-corrected chi connectivity index (χ1v) is 3.21. The Kier molecular flexibility index (Phi) is 5.48. The van der Waals surface area contributed by atoms with Crippen molar-refractivity contribution in [2.24, 2.45) is 0 Å². The maximum Gasteiger partial charge on any atom is 0.00913 e. The maximum atomic E-state index is 5.39. The van der Waals surface area contributed by atoms with Crippen molar-refractivity contribution in [2.75, 3.05) is 0 Å². The van der Waals surface area contributed by atoms with Gasteiger partial charge >= 0.3 is 0 Å². The fourth-order valence-corrected chi connectivity index (χ4v) is 0.990. The quantitative estimate of drug-likeness (QED) is 0.519. The van der Waals surface area contributed by atoms with E-state index in [-0.39, 0.29) is 32.7 Å². The van der Waals surface area contributed by atoms with Gasteiger partial charge in [0.2, 0.25) is 0 Å². The van der Waals surface area contributed by atoms with Crippen LogP contribution in [0.15, 0.2) is 5.38 Å². The van der Waals surface area contributed by atoms with Gasteiger partial charge in [-0.25, -0.2) is 0 Å². The van der Waals surface area contributed by atoms with E-state index in [1.54, 1.807) is 0 Å². The van der Waals surface area contributed by atoms with E-state index in [1.165, 1.54) is 11.3 Å². The Balaban J connectivity index is 0.000000490. The van der Waals surface area contributed by atoms with E-state index in [0.29, 0.717) is 5.88 Å². The molecule has 1 nitrogen and oxygen atoms in total. The average molecular weight is 222 g/mol. The van der Waals surface area contributed by atoms with Crippen LogP contribution in [0.2, 0.25) is 0 Å². The van der Waals surface area contributed by atoms with Crippen LogP contribution in [0, 0.1) is 5.51 Å². The van der Waals surface area contributed by atoms with Crippen LogP contribution in [0.5, 0.6) is 0 Å². The third-order valence-electron chi connectivity index (χ3n) is 0.574. The van der Waals surface area contributed by atoms with Gasteiger partial charge in [-0.2, -0.15) is 0 Å². The number of hydrogen-bond acceptors (Lipinski definition) is 2. The van der Waals surface area contributed by atoms with Crippen molar-refractivity contribution in [1.29, 1.82) is 0 Å². The van der Waals surface area contributed by atoms with E-state index in [9.17, 15) is 0 Å². The Labute approximate surface area is 82.3 Å². The second-order valence-electron chi connectivity index (χ2n) is 1.06. The number of thiazole rings is 1. The predicted octanol–water partition coefficient (Wildman–Crippen LogP) is 1.68. The molecule has 0 saturated carbocycles. The van der Waals surface area contributed by atoms with Gasteiger partial charge < -0.3 is 4.98 Å². The second-order valence-corrected chi connectivity index (χ2v) is 1.99. The molecule has 1 radical (unpaired) electrons. The predicted molar refractivity (Wildman–Crippen MR) is 30.5 cm³/mol. The zero-order valence-corrected chi connectivity index (χ0v) is 8.51. The van der Waals surface area contributed by atoms with E-state index in [4.69, 9.17) is 11.6 Å². The van der Waals surface area contributed by atoms with Gasteiger partial charge in [-0.15, -0.1) is 17.0 Å². The standard InChI is InChI=1S/C4H3ClNS.Y/c5-1-4-2-7-3-6-4;/h2H,1H2;/q-1;. The molecule has 1 rings (SSSR count). The van der Waals surface area contributed by atoms with Gasteiger partial charge in [-0.3, -0.25) is 11.3 Å². The summed E-state index contributed by atoms with van der Waals surface area (Å²) in [4.78, 5) is 3.80. The first-order chi connectivity index (χ1) is 3.43. The van der Waals surface area contributed by atoms with Crippen molar-refractivity contribution in [3.63, 3.8) is 0 Å². The van der Waals surface area contributed by atoms with Crippen molar-refractivity contribution >= 4 is 22.9 Å². The van der Waals surface area contributed by atoms with Crippen LogP contribution in [0.25, 0.3) is 0 Å². The summed E-state index contributed by atoms with van der Waals surface area (Å²) in [5.41, 5.74) is 3.60. The van der Waals surface area contributed by atoms with Gasteiger partial charge in [-0.1, -0.05) is 5.69 Å². The minimum absolute atomic E-state index is 0. The smallest absolute Gasteiger partial charge is 0.00913 e. The molecule has 1 aromatic heterocycles. The summed E-state index contributed by atoms with van der Waals surface area (Å²) in [6.45, 7) is 0. The summed E-state index contributed by atoms with van der Waals surface area (Å²) >= 11 is 6.84. The van der Waals surface area contributed by atoms with Crippen LogP contribution in [0.4, 0.5) is 0 Å². The van der Waals surface area contributed by atoms with Gasteiger partial charge in [0.25, 0.3) is 0 Å². The molecule has 0 unspecified atom stereocenters. The molecule has 0 saturated heterocycles. The molecular weight excluding hydrogens is 218 g/mol. The summed E-state index contributed by atoms with van der Waals surface area (Å²) in [6.07, 6.45) is 0. The molecule has 0 aliphatic heterocycles. The van der Waals surface area contributed by atoms with Gasteiger partial charge in [0.05, 0.1) is 0 Å². The molecule has 1 heterocycles. The second kappa shape index (κ2) is 4.86. The number of hydrogen-bond donors (Lipinski definition) is 0. The van der Waals surface area contributed by atoms with E-state index in [1.807, 2.05) is 5.38 Å². The molecule has 0 N–H and O–H groups in total. The van der Waals surface area contributed by atoms with Crippen LogP contribution < -0.4 is 0 Å². The van der Waals surface area contributed by atoms with Gasteiger partial charge in [0.1, 0.15) is 0 Å². The fraction of sp³-hybridized carbons (Fsp3) is 0.250. The number of nitrogens with zero attached hydrogens (tertiary/aromatic N) is 1. The Morgan fingerprint density at radius 3 is 2.88 bits per heavy atom. The van der Waals surface area contributed by atoms with Crippen molar-refractivity contribution in [3.8, 4) is 0 Å². The Hall–Kier alpha value is 1.02. The zero-order valence-electron chi connectivity index (χ0n) is 4.10. The van der Waals surface area contributed by atoms with Gasteiger partial charge in [0.15, 0.2) is 0 Å². The monoisotopic (exact) mass is 221 g/mol. The van der Waals surface area contributed by atoms with E-state index >= 15 is 0 Å². The van der Waals surface area contributed by atoms with Crippen molar-refractivity contribution in [2.45, 2.75) is 5.88 Å². The first kappa shape index (κ1) is 9.02. The molecule has 0 fully saturated rings. The van der Waals surface area contributed by atoms with E-state index in [0.717, 1.165) is 5.69 Å². The molecule has 0 aliphatic carbocycles. The maximum absolute atomic E-state index is 5.39. The van der Waals surface area contributed by atoms with Crippen molar-refractivity contribution < 1.29 is 32.7 Å². The summed E-state index contributed by atoms with van der Waals surface area (Å²) in [7, 11) is 0. The molecule has 0 amide bonds. The molecule has 4 heteroatoms.